The first kappa shape index (κ1) is 53.7. The monoisotopic (exact) mass is 881 g/mol. The second-order valence-corrected chi connectivity index (χ2v) is 14.0. The number of aliphatic hydroxyl groups excluding tert-OH is 4. The van der Waals surface area contributed by atoms with Crippen molar-refractivity contribution < 1.29 is 68.4 Å². The van der Waals surface area contributed by atoms with Crippen molar-refractivity contribution >= 4 is 59.1 Å². The number of primary amides is 2. The Morgan fingerprint density at radius 3 is 1.65 bits per heavy atom. The lowest BCUT2D eigenvalue weighted by atomic mass is 10.0. The number of hydrogen-bond donors (Lipinski definition) is 15. The predicted octanol–water partition coefficient (Wildman–Crippen LogP) is -8.00. The second kappa shape index (κ2) is 28.3. The summed E-state index contributed by atoms with van der Waals surface area (Å²) in [5, 5.41) is 57.2. The maximum Gasteiger partial charge on any atom is 0.245 e. The number of hydrogen-bond acceptors (Lipinski definition) is 15. The quantitative estimate of drug-likeness (QED) is 0.0332. The Balaban J connectivity index is 2.73. The highest BCUT2D eigenvalue weighted by atomic mass is 16.3. The average Bonchev–Trinajstić information content (AvgIpc) is 3.22. The van der Waals surface area contributed by atoms with Crippen LogP contribution >= 0.6 is 0 Å². The molecule has 0 bridgehead atoms. The highest BCUT2D eigenvalue weighted by molar-refractivity contribution is 5.98. The minimum absolute atomic E-state index is 0.160. The lowest BCUT2D eigenvalue weighted by Crippen LogP contribution is -2.62. The zero-order valence-corrected chi connectivity index (χ0v) is 34.4. The molecular weight excluding hydrogens is 822 g/mol. The van der Waals surface area contributed by atoms with Gasteiger partial charge in [0, 0.05) is 32.9 Å². The summed E-state index contributed by atoms with van der Waals surface area (Å²) in [7, 11) is 0. The van der Waals surface area contributed by atoms with Crippen molar-refractivity contribution in [2.45, 2.75) is 101 Å². The van der Waals surface area contributed by atoms with Gasteiger partial charge in [0.25, 0.3) is 0 Å². The van der Waals surface area contributed by atoms with Crippen LogP contribution in [0.25, 0.3) is 0 Å². The van der Waals surface area contributed by atoms with E-state index in [1.54, 1.807) is 30.3 Å². The first-order valence-corrected chi connectivity index (χ1v) is 19.5. The third-order valence-electron chi connectivity index (χ3n) is 8.79. The number of aliphatic hydroxyl groups is 4. The molecule has 0 aliphatic heterocycles. The summed E-state index contributed by atoms with van der Waals surface area (Å²) < 4.78 is 0. The van der Waals surface area contributed by atoms with Crippen LogP contribution in [-0.4, -0.2) is 161 Å². The molecule has 346 valence electrons. The van der Waals surface area contributed by atoms with Gasteiger partial charge in [0.1, 0.15) is 42.3 Å². The van der Waals surface area contributed by atoms with Gasteiger partial charge in [0.2, 0.25) is 59.1 Å². The Bertz CT molecular complexity index is 1700. The standard InChI is InChI=1S/C37H59N11O14/c1-19(52)30(48-34(59)25(15-28(39)54)46-35(60)26(17-50)43-20(2)53)37(62)47-27(18-51)36(61)44-23(31(40)56)10-11-29(55)41-12-6-7-13-42-33(58)24(45-32(57)22(38)16-49)14-21-8-4-3-5-9-21/h3-5,8-9,19,22-27,30,49-52H,6-7,10-18,38H2,1-2H3,(H2,39,54)(H2,40,56)(H,41,55)(H,42,58)(H,43,53)(H,44,61)(H,45,57)(H,46,60)(H,47,62)(H,48,59)/t19-,22?,23?,24?,25+,26+,27+,30+/m1/s1. The van der Waals surface area contributed by atoms with Gasteiger partial charge in [0.05, 0.1) is 32.3 Å². The molecule has 0 aliphatic carbocycles. The van der Waals surface area contributed by atoms with Crippen LogP contribution in [0.4, 0.5) is 0 Å². The fraction of sp³-hybridized carbons (Fsp3) is 0.568. The van der Waals surface area contributed by atoms with Crippen molar-refractivity contribution in [3.8, 4) is 0 Å². The zero-order chi connectivity index (χ0) is 46.9. The molecule has 0 spiro atoms. The Morgan fingerprint density at radius 1 is 0.613 bits per heavy atom. The van der Waals surface area contributed by atoms with Crippen molar-refractivity contribution in [3.63, 3.8) is 0 Å². The van der Waals surface area contributed by atoms with Gasteiger partial charge < -0.3 is 80.2 Å². The summed E-state index contributed by atoms with van der Waals surface area (Å²) in [6.07, 6.45) is -2.12. The summed E-state index contributed by atoms with van der Waals surface area (Å²) in [5.41, 5.74) is 16.9. The molecule has 0 aromatic heterocycles. The fourth-order valence-electron chi connectivity index (χ4n) is 5.39. The molecule has 1 aromatic rings. The van der Waals surface area contributed by atoms with Gasteiger partial charge in [-0.2, -0.15) is 0 Å². The van der Waals surface area contributed by atoms with Gasteiger partial charge >= 0.3 is 0 Å². The van der Waals surface area contributed by atoms with Gasteiger partial charge in [-0.1, -0.05) is 30.3 Å². The molecule has 0 fully saturated rings. The lowest BCUT2D eigenvalue weighted by molar-refractivity contribution is -0.137. The summed E-state index contributed by atoms with van der Waals surface area (Å²) in [5.74, 6) is -9.28. The maximum absolute atomic E-state index is 13.1. The number of nitrogens with two attached hydrogens (primary N) is 3. The predicted molar refractivity (Wildman–Crippen MR) is 216 cm³/mol. The Labute approximate surface area is 356 Å². The third-order valence-corrected chi connectivity index (χ3v) is 8.79. The molecule has 1 rings (SSSR count). The second-order valence-electron chi connectivity index (χ2n) is 14.0. The van der Waals surface area contributed by atoms with E-state index in [1.165, 1.54) is 0 Å². The molecule has 0 saturated heterocycles. The molecule has 25 nitrogen and oxygen atoms in total. The summed E-state index contributed by atoms with van der Waals surface area (Å²) in [4.78, 5) is 124. The van der Waals surface area contributed by atoms with E-state index in [0.29, 0.717) is 12.8 Å². The summed E-state index contributed by atoms with van der Waals surface area (Å²) in [6, 6.07) is -1.68. The van der Waals surface area contributed by atoms with Gasteiger partial charge in [-0.25, -0.2) is 0 Å². The van der Waals surface area contributed by atoms with Crippen LogP contribution in [0.2, 0.25) is 0 Å². The van der Waals surface area contributed by atoms with Crippen LogP contribution in [-0.2, 0) is 54.4 Å². The van der Waals surface area contributed by atoms with Gasteiger partial charge in [-0.05, 0) is 31.7 Å². The Kier molecular flexibility index (Phi) is 24.5. The minimum atomic E-state index is -1.87. The van der Waals surface area contributed by atoms with Gasteiger partial charge in [-0.3, -0.25) is 47.9 Å². The van der Waals surface area contributed by atoms with Crippen molar-refractivity contribution in [1.29, 1.82) is 0 Å². The van der Waals surface area contributed by atoms with E-state index in [-0.39, 0.29) is 32.4 Å². The smallest absolute Gasteiger partial charge is 0.245 e. The largest absolute Gasteiger partial charge is 0.394 e. The molecule has 0 saturated carbocycles. The molecule has 8 atom stereocenters. The molecule has 3 unspecified atom stereocenters. The number of nitrogens with one attached hydrogen (secondary N) is 8. The number of benzene rings is 1. The number of carbonyl (C=O) groups is 10. The van der Waals surface area contributed by atoms with E-state index in [1.807, 2.05) is 0 Å². The van der Waals surface area contributed by atoms with Crippen molar-refractivity contribution in [2.75, 3.05) is 32.9 Å². The van der Waals surface area contributed by atoms with Gasteiger partial charge in [0.15, 0.2) is 0 Å². The molecule has 0 radical (unpaired) electrons. The molecule has 10 amide bonds. The number of amides is 10. The van der Waals surface area contributed by atoms with Crippen LogP contribution < -0.4 is 59.7 Å². The van der Waals surface area contributed by atoms with Crippen molar-refractivity contribution in [3.05, 3.63) is 35.9 Å². The summed E-state index contributed by atoms with van der Waals surface area (Å²) >= 11 is 0. The van der Waals surface area contributed by atoms with Crippen LogP contribution in [0.1, 0.15) is 51.5 Å². The van der Waals surface area contributed by atoms with Crippen molar-refractivity contribution in [1.82, 2.24) is 42.5 Å². The molecule has 0 heterocycles. The first-order valence-electron chi connectivity index (χ1n) is 19.5. The topological polar surface area (TPSA) is 426 Å². The van der Waals surface area contributed by atoms with Crippen LogP contribution in [0.3, 0.4) is 0 Å². The third kappa shape index (κ3) is 20.3. The lowest BCUT2D eigenvalue weighted by Gasteiger charge is -2.27. The molecule has 1 aromatic carbocycles. The molecule has 25 heteroatoms. The molecular formula is C37H59N11O14. The van der Waals surface area contributed by atoms with Crippen molar-refractivity contribution in [2.24, 2.45) is 17.2 Å². The number of carbonyl (C=O) groups excluding carboxylic acids is 10. The van der Waals surface area contributed by atoms with Crippen LogP contribution in [0.15, 0.2) is 30.3 Å². The highest BCUT2D eigenvalue weighted by Crippen LogP contribution is 2.05. The molecule has 62 heavy (non-hydrogen) atoms. The number of unbranched alkanes of at least 4 members (excludes halogenated alkanes) is 1. The maximum atomic E-state index is 13.1. The number of rotatable bonds is 29. The van der Waals surface area contributed by atoms with Gasteiger partial charge in [-0.15, -0.1) is 0 Å². The van der Waals surface area contributed by atoms with Crippen LogP contribution in [0, 0.1) is 0 Å². The average molecular weight is 882 g/mol. The fourth-order valence-corrected chi connectivity index (χ4v) is 5.39. The Hall–Kier alpha value is -6.28. The minimum Gasteiger partial charge on any atom is -0.394 e. The molecule has 18 N–H and O–H groups in total. The Morgan fingerprint density at radius 2 is 1.13 bits per heavy atom. The highest BCUT2D eigenvalue weighted by Gasteiger charge is 2.34. The van der Waals surface area contributed by atoms with E-state index < -0.39 is 134 Å². The summed E-state index contributed by atoms with van der Waals surface area (Å²) in [6.45, 7) is -0.0907. The molecule has 0 aliphatic rings. The van der Waals surface area contributed by atoms with E-state index in [2.05, 4.69) is 42.5 Å². The van der Waals surface area contributed by atoms with E-state index >= 15 is 0 Å². The first-order chi connectivity index (χ1) is 29.2. The normalized spacial score (nSPS) is 14.7. The van der Waals surface area contributed by atoms with Crippen LogP contribution in [0.5, 0.6) is 0 Å². The SMILES string of the molecule is CC(=O)N[C@@H](CO)C(=O)N[C@@H](CC(N)=O)C(=O)N[C@H](C(=O)N[C@@H](CO)C(=O)NC(CCC(=O)NCCCCNC(=O)C(Cc1ccccc1)NC(=O)C(N)CO)C(N)=O)[C@@H](C)O. The van der Waals surface area contributed by atoms with E-state index in [9.17, 15) is 68.4 Å². The van der Waals surface area contributed by atoms with E-state index in [4.69, 9.17) is 17.2 Å². The zero-order valence-electron chi connectivity index (χ0n) is 34.4. The van der Waals surface area contributed by atoms with E-state index in [0.717, 1.165) is 19.4 Å².